The molecular formula is C14H16Cl2N2. The van der Waals surface area contributed by atoms with E-state index in [1.807, 2.05) is 18.2 Å². The molecule has 2 nitrogen and oxygen atoms in total. The van der Waals surface area contributed by atoms with Crippen molar-refractivity contribution in [3.05, 3.63) is 52.3 Å². The number of para-hydroxylation sites is 1. The van der Waals surface area contributed by atoms with Gasteiger partial charge in [0.2, 0.25) is 0 Å². The van der Waals surface area contributed by atoms with Crippen LogP contribution in [-0.2, 0) is 13.1 Å². The number of hydrogen-bond acceptors (Lipinski definition) is 1. The highest BCUT2D eigenvalue weighted by molar-refractivity contribution is 6.39. The fourth-order valence-corrected chi connectivity index (χ4v) is 2.45. The molecule has 1 aromatic carbocycles. The van der Waals surface area contributed by atoms with Crippen LogP contribution < -0.4 is 5.32 Å². The number of benzene rings is 1. The summed E-state index contributed by atoms with van der Waals surface area (Å²) in [6, 6.07) is 9.67. The second-order valence-electron chi connectivity index (χ2n) is 4.14. The van der Waals surface area contributed by atoms with E-state index in [-0.39, 0.29) is 0 Å². The third kappa shape index (κ3) is 3.01. The van der Waals surface area contributed by atoms with Gasteiger partial charge in [-0.05, 0) is 30.7 Å². The van der Waals surface area contributed by atoms with Crippen LogP contribution in [0.25, 0.3) is 0 Å². The molecule has 0 aliphatic carbocycles. The van der Waals surface area contributed by atoms with Gasteiger partial charge in [0.25, 0.3) is 0 Å². The number of nitrogens with one attached hydrogen (secondary N) is 1. The first-order chi connectivity index (χ1) is 8.72. The highest BCUT2D eigenvalue weighted by atomic mass is 35.5. The molecule has 4 heteroatoms. The van der Waals surface area contributed by atoms with Crippen molar-refractivity contribution in [3.63, 3.8) is 0 Å². The molecule has 1 N–H and O–H groups in total. The molecule has 2 rings (SSSR count). The van der Waals surface area contributed by atoms with Gasteiger partial charge >= 0.3 is 0 Å². The van der Waals surface area contributed by atoms with Gasteiger partial charge in [-0.1, -0.05) is 36.2 Å². The summed E-state index contributed by atoms with van der Waals surface area (Å²) in [5.74, 6) is 0. The summed E-state index contributed by atoms with van der Waals surface area (Å²) in [7, 11) is 0. The Hall–Kier alpha value is -1.12. The summed E-state index contributed by atoms with van der Waals surface area (Å²) in [6.07, 6.45) is 3.21. The molecular weight excluding hydrogens is 267 g/mol. The molecule has 0 bridgehead atoms. The molecule has 96 valence electrons. The average Bonchev–Trinajstić information content (AvgIpc) is 2.77. The van der Waals surface area contributed by atoms with Crippen LogP contribution in [0, 0.1) is 0 Å². The zero-order valence-electron chi connectivity index (χ0n) is 10.3. The quantitative estimate of drug-likeness (QED) is 0.832. The maximum atomic E-state index is 6.12. The predicted octanol–water partition coefficient (Wildman–Crippen LogP) is 4.82. The van der Waals surface area contributed by atoms with E-state index in [1.54, 1.807) is 0 Å². The molecule has 18 heavy (non-hydrogen) atoms. The van der Waals surface area contributed by atoms with Gasteiger partial charge in [-0.25, -0.2) is 0 Å². The summed E-state index contributed by atoms with van der Waals surface area (Å²) < 4.78 is 2.23. The summed E-state index contributed by atoms with van der Waals surface area (Å²) in [5.41, 5.74) is 2.03. The van der Waals surface area contributed by atoms with Crippen molar-refractivity contribution in [1.29, 1.82) is 0 Å². The van der Waals surface area contributed by atoms with Gasteiger partial charge in [-0.15, -0.1) is 0 Å². The number of rotatable bonds is 5. The van der Waals surface area contributed by atoms with Gasteiger partial charge < -0.3 is 9.88 Å². The Morgan fingerprint density at radius 3 is 2.50 bits per heavy atom. The van der Waals surface area contributed by atoms with Gasteiger partial charge in [-0.2, -0.15) is 0 Å². The van der Waals surface area contributed by atoms with Crippen molar-refractivity contribution >= 4 is 28.9 Å². The molecule has 0 spiro atoms. The molecule has 0 radical (unpaired) electrons. The fourth-order valence-electron chi connectivity index (χ4n) is 1.91. The maximum absolute atomic E-state index is 6.12. The smallest absolute Gasteiger partial charge is 0.0722 e. The lowest BCUT2D eigenvalue weighted by Crippen LogP contribution is -2.07. The minimum absolute atomic E-state index is 0.649. The highest BCUT2D eigenvalue weighted by Crippen LogP contribution is 2.30. The third-order valence-electron chi connectivity index (χ3n) is 2.80. The molecule has 0 atom stereocenters. The van der Waals surface area contributed by atoms with Crippen molar-refractivity contribution in [2.75, 3.05) is 5.32 Å². The van der Waals surface area contributed by atoms with Crippen LogP contribution in [-0.4, -0.2) is 4.57 Å². The van der Waals surface area contributed by atoms with Gasteiger partial charge in [0, 0.05) is 18.4 Å². The maximum Gasteiger partial charge on any atom is 0.0722 e. The zero-order valence-corrected chi connectivity index (χ0v) is 11.8. The number of halogens is 2. The van der Waals surface area contributed by atoms with Gasteiger partial charge in [0.15, 0.2) is 0 Å². The summed E-state index contributed by atoms with van der Waals surface area (Å²) in [4.78, 5) is 0. The number of hydrogen-bond donors (Lipinski definition) is 1. The Balaban J connectivity index is 2.09. The van der Waals surface area contributed by atoms with E-state index in [0.29, 0.717) is 10.0 Å². The molecule has 0 saturated heterocycles. The normalized spacial score (nSPS) is 10.6. The van der Waals surface area contributed by atoms with E-state index in [2.05, 4.69) is 35.1 Å². The summed E-state index contributed by atoms with van der Waals surface area (Å²) >= 11 is 12.2. The minimum atomic E-state index is 0.649. The predicted molar refractivity (Wildman–Crippen MR) is 78.5 cm³/mol. The van der Waals surface area contributed by atoms with Crippen LogP contribution in [0.4, 0.5) is 5.69 Å². The molecule has 0 unspecified atom stereocenters. The van der Waals surface area contributed by atoms with Gasteiger partial charge in [0.1, 0.15) is 0 Å². The number of anilines is 1. The Labute approximate surface area is 118 Å². The lowest BCUT2D eigenvalue weighted by molar-refractivity contribution is 0.654. The second-order valence-corrected chi connectivity index (χ2v) is 4.96. The van der Waals surface area contributed by atoms with E-state index in [1.165, 1.54) is 5.69 Å². The molecule has 1 aromatic heterocycles. The fraction of sp³-hybridized carbons (Fsp3) is 0.286. The van der Waals surface area contributed by atoms with Crippen molar-refractivity contribution in [3.8, 4) is 0 Å². The van der Waals surface area contributed by atoms with Gasteiger partial charge in [-0.3, -0.25) is 0 Å². The molecule has 0 fully saturated rings. The first-order valence-corrected chi connectivity index (χ1v) is 6.80. The van der Waals surface area contributed by atoms with Crippen molar-refractivity contribution < 1.29 is 0 Å². The van der Waals surface area contributed by atoms with Crippen LogP contribution in [0.2, 0.25) is 10.0 Å². The standard InChI is InChI=1S/C14H16Cl2N2/c1-2-8-18-9-4-5-11(18)10-17-14-12(15)6-3-7-13(14)16/h3-7,9,17H,2,8,10H2,1H3. The Kier molecular flexibility index (Phi) is 4.56. The first-order valence-electron chi connectivity index (χ1n) is 6.04. The lowest BCUT2D eigenvalue weighted by Gasteiger charge is -2.12. The van der Waals surface area contributed by atoms with E-state index < -0.39 is 0 Å². The third-order valence-corrected chi connectivity index (χ3v) is 3.43. The second kappa shape index (κ2) is 6.17. The van der Waals surface area contributed by atoms with Crippen LogP contribution in [0.5, 0.6) is 0 Å². The SMILES string of the molecule is CCCn1cccc1CNc1c(Cl)cccc1Cl. The zero-order chi connectivity index (χ0) is 13.0. The van der Waals surface area contributed by atoms with Crippen LogP contribution in [0.15, 0.2) is 36.5 Å². The monoisotopic (exact) mass is 282 g/mol. The van der Waals surface area contributed by atoms with Crippen LogP contribution in [0.3, 0.4) is 0 Å². The van der Waals surface area contributed by atoms with Crippen molar-refractivity contribution in [1.82, 2.24) is 4.57 Å². The molecule has 0 aliphatic rings. The summed E-state index contributed by atoms with van der Waals surface area (Å²) in [5, 5.41) is 4.60. The molecule has 2 aromatic rings. The molecule has 1 heterocycles. The lowest BCUT2D eigenvalue weighted by atomic mass is 10.3. The Morgan fingerprint density at radius 2 is 1.83 bits per heavy atom. The van der Waals surface area contributed by atoms with Crippen molar-refractivity contribution in [2.24, 2.45) is 0 Å². The number of aryl methyl sites for hydroxylation is 1. The number of aromatic nitrogens is 1. The highest BCUT2D eigenvalue weighted by Gasteiger charge is 2.06. The topological polar surface area (TPSA) is 17.0 Å². The van der Waals surface area contributed by atoms with Crippen LogP contribution >= 0.6 is 23.2 Å². The minimum Gasteiger partial charge on any atom is -0.377 e. The molecule has 0 saturated carbocycles. The Morgan fingerprint density at radius 1 is 1.11 bits per heavy atom. The number of nitrogens with zero attached hydrogens (tertiary/aromatic N) is 1. The first kappa shape index (κ1) is 13.3. The Bertz CT molecular complexity index is 500. The summed E-state index contributed by atoms with van der Waals surface area (Å²) in [6.45, 7) is 3.92. The van der Waals surface area contributed by atoms with Crippen molar-refractivity contribution in [2.45, 2.75) is 26.4 Å². The average molecular weight is 283 g/mol. The van der Waals surface area contributed by atoms with E-state index in [4.69, 9.17) is 23.2 Å². The largest absolute Gasteiger partial charge is 0.377 e. The van der Waals surface area contributed by atoms with Crippen LogP contribution in [0.1, 0.15) is 19.0 Å². The van der Waals surface area contributed by atoms with Gasteiger partial charge in [0.05, 0.1) is 22.3 Å². The van der Waals surface area contributed by atoms with E-state index in [0.717, 1.165) is 25.2 Å². The van der Waals surface area contributed by atoms with E-state index in [9.17, 15) is 0 Å². The molecule has 0 amide bonds. The molecule has 0 aliphatic heterocycles. The van der Waals surface area contributed by atoms with E-state index >= 15 is 0 Å².